The molecule has 0 amide bonds. The highest BCUT2D eigenvalue weighted by molar-refractivity contribution is 7.93. The fraction of sp³-hybridized carbons (Fsp3) is 0.0800. The summed E-state index contributed by atoms with van der Waals surface area (Å²) >= 11 is 6.12. The number of sulfonamides is 2. The molecule has 12 heteroatoms. The number of aromatic nitrogens is 2. The molecule has 0 fully saturated rings. The Balaban J connectivity index is 1.51. The van der Waals surface area contributed by atoms with E-state index in [0.717, 1.165) is 0 Å². The molecular formula is C25H21ClN4O5S2. The summed E-state index contributed by atoms with van der Waals surface area (Å²) in [5.41, 5.74) is 1.70. The van der Waals surface area contributed by atoms with Crippen LogP contribution in [0.25, 0.3) is 16.7 Å². The Morgan fingerprint density at radius 3 is 2.22 bits per heavy atom. The molecule has 5 aromatic rings. The van der Waals surface area contributed by atoms with Crippen molar-refractivity contribution in [3.8, 4) is 5.69 Å². The summed E-state index contributed by atoms with van der Waals surface area (Å²) in [6.45, 7) is 3.24. The molecule has 5 rings (SSSR count). The second-order valence-electron chi connectivity index (χ2n) is 8.25. The minimum absolute atomic E-state index is 0.0163. The normalized spacial score (nSPS) is 12.1. The molecule has 0 saturated heterocycles. The van der Waals surface area contributed by atoms with Crippen molar-refractivity contribution in [3.63, 3.8) is 0 Å². The molecule has 0 unspecified atom stereocenters. The first-order chi connectivity index (χ1) is 17.5. The molecular weight excluding hydrogens is 536 g/mol. The predicted molar refractivity (Wildman–Crippen MR) is 142 cm³/mol. The summed E-state index contributed by atoms with van der Waals surface area (Å²) in [7, 11) is -8.38. The highest BCUT2D eigenvalue weighted by Crippen LogP contribution is 2.33. The van der Waals surface area contributed by atoms with Gasteiger partial charge in [0.05, 0.1) is 28.5 Å². The van der Waals surface area contributed by atoms with Gasteiger partial charge in [-0.15, -0.1) is 0 Å². The molecule has 2 heterocycles. The Morgan fingerprint density at radius 2 is 1.49 bits per heavy atom. The zero-order chi connectivity index (χ0) is 26.4. The molecule has 2 aromatic heterocycles. The first-order valence-corrected chi connectivity index (χ1v) is 14.3. The van der Waals surface area contributed by atoms with Crippen LogP contribution >= 0.6 is 11.6 Å². The van der Waals surface area contributed by atoms with Crippen molar-refractivity contribution < 1.29 is 21.3 Å². The standard InChI is InChI=1S/C25H21ClN4O5S2/c1-16-25(17(2)30(27-16)20-9-4-3-5-10-20)37(33,34)28-21-13-12-19(26)15-22(21)29-36(31,32)24-14-18-8-6-7-11-23(18)35-24/h3-15,28-29H,1-2H3. The van der Waals surface area contributed by atoms with E-state index in [2.05, 4.69) is 14.5 Å². The van der Waals surface area contributed by atoms with Crippen molar-refractivity contribution in [1.29, 1.82) is 0 Å². The molecule has 0 aliphatic heterocycles. The lowest BCUT2D eigenvalue weighted by atomic mass is 10.3. The molecule has 0 radical (unpaired) electrons. The fourth-order valence-corrected chi connectivity index (χ4v) is 6.70. The van der Waals surface area contributed by atoms with Gasteiger partial charge in [-0.25, -0.2) is 13.1 Å². The summed E-state index contributed by atoms with van der Waals surface area (Å²) in [5.74, 6) is 0. The Labute approximate surface area is 218 Å². The van der Waals surface area contributed by atoms with E-state index >= 15 is 0 Å². The third kappa shape index (κ3) is 4.80. The number of furan rings is 1. The highest BCUT2D eigenvalue weighted by Gasteiger charge is 2.27. The maximum Gasteiger partial charge on any atom is 0.295 e. The van der Waals surface area contributed by atoms with Crippen LogP contribution in [0.3, 0.4) is 0 Å². The van der Waals surface area contributed by atoms with Crippen LogP contribution in [0.4, 0.5) is 11.4 Å². The molecule has 190 valence electrons. The number of nitrogens with zero attached hydrogens (tertiary/aromatic N) is 2. The number of para-hydroxylation sites is 2. The van der Waals surface area contributed by atoms with Gasteiger partial charge in [-0.05, 0) is 50.2 Å². The zero-order valence-corrected chi connectivity index (χ0v) is 22.0. The van der Waals surface area contributed by atoms with E-state index in [1.54, 1.807) is 38.1 Å². The highest BCUT2D eigenvalue weighted by atomic mass is 35.5. The van der Waals surface area contributed by atoms with Crippen molar-refractivity contribution in [3.05, 3.63) is 95.3 Å². The Kier molecular flexibility index (Phi) is 6.22. The first-order valence-electron chi connectivity index (χ1n) is 11.0. The van der Waals surface area contributed by atoms with Gasteiger partial charge in [-0.3, -0.25) is 9.44 Å². The van der Waals surface area contributed by atoms with E-state index in [4.69, 9.17) is 16.0 Å². The third-order valence-electron chi connectivity index (χ3n) is 5.63. The molecule has 0 bridgehead atoms. The van der Waals surface area contributed by atoms with Crippen LogP contribution < -0.4 is 9.44 Å². The first kappa shape index (κ1) is 24.9. The van der Waals surface area contributed by atoms with E-state index in [-0.39, 0.29) is 32.1 Å². The fourth-order valence-electron chi connectivity index (χ4n) is 4.01. The van der Waals surface area contributed by atoms with Crippen LogP contribution in [0.5, 0.6) is 0 Å². The second kappa shape index (κ2) is 9.25. The average molecular weight is 557 g/mol. The van der Waals surface area contributed by atoms with Crippen LogP contribution in [0.2, 0.25) is 5.02 Å². The molecule has 0 saturated carbocycles. The number of fused-ring (bicyclic) bond motifs is 1. The summed E-state index contributed by atoms with van der Waals surface area (Å²) < 4.78 is 65.1. The number of hydrogen-bond donors (Lipinski definition) is 2. The van der Waals surface area contributed by atoms with Gasteiger partial charge >= 0.3 is 0 Å². The van der Waals surface area contributed by atoms with Gasteiger partial charge in [0.2, 0.25) is 5.09 Å². The monoisotopic (exact) mass is 556 g/mol. The van der Waals surface area contributed by atoms with Gasteiger partial charge in [-0.1, -0.05) is 48.0 Å². The van der Waals surface area contributed by atoms with Crippen molar-refractivity contribution >= 4 is 54.0 Å². The summed E-state index contributed by atoms with van der Waals surface area (Å²) in [6.07, 6.45) is 0. The molecule has 0 aliphatic rings. The van der Waals surface area contributed by atoms with Crippen molar-refractivity contribution in [1.82, 2.24) is 9.78 Å². The maximum atomic E-state index is 13.5. The van der Waals surface area contributed by atoms with Crippen LogP contribution in [-0.4, -0.2) is 26.6 Å². The summed E-state index contributed by atoms with van der Waals surface area (Å²) in [6, 6.07) is 21.5. The molecule has 37 heavy (non-hydrogen) atoms. The third-order valence-corrected chi connectivity index (χ3v) is 8.70. The smallest absolute Gasteiger partial charge is 0.295 e. The number of anilines is 2. The number of aryl methyl sites for hydroxylation is 1. The quantitative estimate of drug-likeness (QED) is 0.273. The van der Waals surface area contributed by atoms with Gasteiger partial charge in [0.15, 0.2) is 0 Å². The minimum atomic E-state index is -4.21. The number of benzene rings is 3. The zero-order valence-electron chi connectivity index (χ0n) is 19.6. The van der Waals surface area contributed by atoms with E-state index in [9.17, 15) is 16.8 Å². The lowest BCUT2D eigenvalue weighted by Gasteiger charge is -2.14. The second-order valence-corrected chi connectivity index (χ2v) is 11.9. The largest absolute Gasteiger partial charge is 0.443 e. The number of nitrogens with one attached hydrogen (secondary N) is 2. The van der Waals surface area contributed by atoms with Crippen molar-refractivity contribution in [2.45, 2.75) is 23.8 Å². The maximum absolute atomic E-state index is 13.5. The van der Waals surface area contributed by atoms with Crippen LogP contribution in [0.1, 0.15) is 11.4 Å². The molecule has 2 N–H and O–H groups in total. The molecule has 3 aromatic carbocycles. The van der Waals surface area contributed by atoms with E-state index in [1.165, 1.54) is 28.9 Å². The van der Waals surface area contributed by atoms with Crippen LogP contribution in [0.15, 0.2) is 93.3 Å². The minimum Gasteiger partial charge on any atom is -0.443 e. The number of hydrogen-bond acceptors (Lipinski definition) is 6. The van der Waals surface area contributed by atoms with Gasteiger partial charge in [0.1, 0.15) is 10.5 Å². The lowest BCUT2D eigenvalue weighted by molar-refractivity contribution is 0.484. The van der Waals surface area contributed by atoms with Crippen molar-refractivity contribution in [2.75, 3.05) is 9.44 Å². The molecule has 9 nitrogen and oxygen atoms in total. The van der Waals surface area contributed by atoms with Gasteiger partial charge in [-0.2, -0.15) is 13.5 Å². The Morgan fingerprint density at radius 1 is 0.811 bits per heavy atom. The van der Waals surface area contributed by atoms with Crippen LogP contribution in [0, 0.1) is 13.8 Å². The van der Waals surface area contributed by atoms with E-state index in [0.29, 0.717) is 22.4 Å². The Hall–Kier alpha value is -3.80. The van der Waals surface area contributed by atoms with E-state index in [1.807, 2.05) is 30.3 Å². The van der Waals surface area contributed by atoms with Crippen molar-refractivity contribution in [2.24, 2.45) is 0 Å². The van der Waals surface area contributed by atoms with Gasteiger partial charge in [0, 0.05) is 16.5 Å². The van der Waals surface area contributed by atoms with E-state index < -0.39 is 20.0 Å². The Bertz CT molecular complexity index is 1810. The SMILES string of the molecule is Cc1nn(-c2ccccc2)c(C)c1S(=O)(=O)Nc1ccc(Cl)cc1NS(=O)(=O)c1cc2ccccc2o1. The molecule has 0 aliphatic carbocycles. The predicted octanol–water partition coefficient (Wildman–Crippen LogP) is 5.49. The van der Waals surface area contributed by atoms with Crippen LogP contribution in [-0.2, 0) is 20.0 Å². The number of rotatable bonds is 7. The summed E-state index contributed by atoms with van der Waals surface area (Å²) in [4.78, 5) is -0.0163. The summed E-state index contributed by atoms with van der Waals surface area (Å²) in [5, 5.41) is 4.89. The lowest BCUT2D eigenvalue weighted by Crippen LogP contribution is -2.18. The molecule has 0 atom stereocenters. The topological polar surface area (TPSA) is 123 Å². The molecule has 0 spiro atoms. The number of halogens is 1. The van der Waals surface area contributed by atoms with Gasteiger partial charge in [0.25, 0.3) is 20.0 Å². The van der Waals surface area contributed by atoms with Gasteiger partial charge < -0.3 is 4.42 Å². The average Bonchev–Trinajstić information content (AvgIpc) is 3.42.